The molecule has 0 unspecified atom stereocenters. The number of Topliss-reactive ketones (excluding diaryl/α,β-unsaturated/α-hetero) is 1. The number of esters is 1. The smallest absolute Gasteiger partial charge is 0.346 e. The van der Waals surface area contributed by atoms with Crippen LogP contribution in [0.2, 0.25) is 0 Å². The number of carbonyl (C=O) groups is 8. The number of hydrogen-bond acceptors (Lipinski definition) is 20. The van der Waals surface area contributed by atoms with Crippen LogP contribution in [0.15, 0.2) is 97.1 Å². The van der Waals surface area contributed by atoms with E-state index in [1.807, 2.05) is 160 Å². The molecule has 0 atom stereocenters. The molecule has 0 aliphatic carbocycles. The van der Waals surface area contributed by atoms with E-state index in [1.165, 1.54) is 63.6 Å². The molecular weight excluding hydrogens is 1710 g/mol. The first-order valence-electron chi connectivity index (χ1n) is 45.3. The van der Waals surface area contributed by atoms with Gasteiger partial charge in [0.05, 0.1) is 38.5 Å². The fourth-order valence-electron chi connectivity index (χ4n) is 15.9. The third-order valence-corrected chi connectivity index (χ3v) is 31.9. The number of carboxylic acid groups (broad SMARTS) is 3. The Hall–Kier alpha value is -9.28. The van der Waals surface area contributed by atoms with E-state index in [0.717, 1.165) is 144 Å². The molecule has 0 radical (unpaired) electrons. The van der Waals surface area contributed by atoms with E-state index in [-0.39, 0.29) is 78.1 Å². The molecule has 4 aromatic carbocycles. The number of hydrogen-bond donors (Lipinski definition) is 9. The molecule has 8 aromatic rings. The summed E-state index contributed by atoms with van der Waals surface area (Å²) in [6.07, 6.45) is 10.7. The van der Waals surface area contributed by atoms with Crippen LogP contribution in [0, 0.1) is 60.8 Å². The number of amides is 3. The van der Waals surface area contributed by atoms with Crippen molar-refractivity contribution in [2.75, 3.05) is 53.2 Å². The van der Waals surface area contributed by atoms with Gasteiger partial charge in [0.1, 0.15) is 73.9 Å². The maximum absolute atomic E-state index is 12.7. The van der Waals surface area contributed by atoms with Crippen LogP contribution in [0.25, 0.3) is 0 Å². The minimum absolute atomic E-state index is 0.0370. The number of ketones is 1. The number of aliphatic hydroxyl groups is 3. The number of aromatic carboxylic acids is 1. The highest BCUT2D eigenvalue weighted by molar-refractivity contribution is 7.15. The van der Waals surface area contributed by atoms with Gasteiger partial charge in [-0.3, -0.25) is 33.6 Å². The number of thiophene rings is 4. The van der Waals surface area contributed by atoms with Gasteiger partial charge in [-0.25, -0.2) is 4.79 Å². The summed E-state index contributed by atoms with van der Waals surface area (Å²) in [6, 6.07) is 32.9. The first-order valence-corrected chi connectivity index (χ1v) is 48.6. The van der Waals surface area contributed by atoms with Crippen LogP contribution >= 0.6 is 45.3 Å². The summed E-state index contributed by atoms with van der Waals surface area (Å²) in [5, 5.41) is 66.4. The fraction of sp³-hybridized carbons (Fsp3) is 0.534. The van der Waals surface area contributed by atoms with Gasteiger partial charge >= 0.3 is 23.9 Å². The predicted octanol–water partition coefficient (Wildman–Crippen LogP) is 21.9. The standard InChI is InChI=1S/C27H39NO5S.C26H35NO5S.C26H37NO5S.C24H34O4S/c1-8-26(31,9-2)17-33-21-13-12-20(14-18(21)5)27(10-3,11-4)22-15-19(6)24(34-22)25(30)28-16-23(29)32-7;1-8-26(9-2,21-13-17(4)23(33-21)24(31)27-14-22(29)30)18-10-11-19(16(3)12-18)32-15-20(28)25(5,6)7;1-7-25(31,8-2)16-32-20-12-11-19(13-17(20)5)26(9-3,10-4)21-14-18(6)23(33-21)24(30)27-15-22(28)29;1-7-23(27,8-2)15-28-19-12-11-18(13-16(19)5)24(9-3,10-4)20-14-17(6)21(29-20)22(25)26/h12-15,31H,8-11,16-17H2,1-7H3,(H,28,30);10-13H,8-9,14-15H2,1-7H3,(H,27,31)(H,29,30);11-14,31H,7-10,15-16H2,1-6H3,(H,27,30)(H,28,29);11-14,27H,7-10,15H2,1-6H3,(H,25,26). The van der Waals surface area contributed by atoms with Crippen molar-refractivity contribution >= 4 is 92.7 Å². The van der Waals surface area contributed by atoms with Crippen molar-refractivity contribution in [2.45, 2.75) is 301 Å². The molecule has 129 heavy (non-hydrogen) atoms. The van der Waals surface area contributed by atoms with Gasteiger partial charge in [0.25, 0.3) is 17.7 Å². The number of carbonyl (C=O) groups excluding carboxylic acids is 5. The lowest BCUT2D eigenvalue weighted by molar-refractivity contribution is -0.139. The molecule has 0 saturated carbocycles. The van der Waals surface area contributed by atoms with Gasteiger partial charge in [-0.05, 0) is 261 Å². The molecule has 4 heterocycles. The lowest BCUT2D eigenvalue weighted by Crippen LogP contribution is -2.34. The second kappa shape index (κ2) is 48.7. The van der Waals surface area contributed by atoms with E-state index in [1.54, 1.807) is 0 Å². The minimum Gasteiger partial charge on any atom is -0.490 e. The fourth-order valence-corrected chi connectivity index (χ4v) is 21.6. The summed E-state index contributed by atoms with van der Waals surface area (Å²) in [4.78, 5) is 101. The van der Waals surface area contributed by atoms with Crippen molar-refractivity contribution in [1.29, 1.82) is 0 Å². The molecule has 8 rings (SSSR count). The minimum atomic E-state index is -1.07. The zero-order chi connectivity index (χ0) is 97.1. The van der Waals surface area contributed by atoms with E-state index in [2.05, 4.69) is 131 Å². The highest BCUT2D eigenvalue weighted by Gasteiger charge is 2.40. The third kappa shape index (κ3) is 27.5. The Kier molecular flexibility index (Phi) is 41.7. The second-order valence-corrected chi connectivity index (χ2v) is 39.1. The monoisotopic (exact) mass is 1860 g/mol. The first kappa shape index (κ1) is 110. The van der Waals surface area contributed by atoms with Crippen LogP contribution in [0.1, 0.15) is 333 Å². The van der Waals surface area contributed by atoms with E-state index in [0.29, 0.717) is 63.8 Å². The van der Waals surface area contributed by atoms with Crippen molar-refractivity contribution < 1.29 is 92.7 Å². The number of nitrogens with one attached hydrogen (secondary N) is 3. The molecule has 0 bridgehead atoms. The van der Waals surface area contributed by atoms with Gasteiger partial charge in [-0.15, -0.1) is 45.3 Å². The molecule has 22 nitrogen and oxygen atoms in total. The summed E-state index contributed by atoms with van der Waals surface area (Å²) in [5.74, 6) is -1.41. The van der Waals surface area contributed by atoms with Crippen molar-refractivity contribution in [3.05, 3.63) is 203 Å². The molecule has 0 aliphatic heterocycles. The number of rotatable bonds is 44. The van der Waals surface area contributed by atoms with Crippen molar-refractivity contribution in [2.24, 2.45) is 5.41 Å². The van der Waals surface area contributed by atoms with E-state index >= 15 is 0 Å². The topological polar surface area (TPSA) is 340 Å². The van der Waals surface area contributed by atoms with E-state index < -0.39 is 59.2 Å². The quantitative estimate of drug-likeness (QED) is 0.0160. The van der Waals surface area contributed by atoms with E-state index in [4.69, 9.17) is 29.2 Å². The van der Waals surface area contributed by atoms with Crippen molar-refractivity contribution in [3.63, 3.8) is 0 Å². The Morgan fingerprint density at radius 1 is 0.318 bits per heavy atom. The lowest BCUT2D eigenvalue weighted by Gasteiger charge is -2.32. The molecule has 710 valence electrons. The van der Waals surface area contributed by atoms with Gasteiger partial charge in [0.2, 0.25) is 0 Å². The lowest BCUT2D eigenvalue weighted by atomic mass is 9.74. The number of benzene rings is 4. The number of methoxy groups -OCH3 is 1. The summed E-state index contributed by atoms with van der Waals surface area (Å²) in [7, 11) is 1.30. The SMILES string of the molecule is CCC(CC)(c1ccc(OCC(=O)C(C)(C)C)c(C)c1)c1cc(C)c(C(=O)NCC(=O)O)s1.CCC(O)(CC)COc1ccc(C(CC)(CC)c2cc(C)c(C(=O)NCC(=O)O)s2)cc1C.CCC(O)(CC)COc1ccc(C(CC)(CC)c2cc(C)c(C(=O)NCC(=O)OC)s2)cc1C.CCC(O)(CC)COc1ccc(C(CC)(CC)c2cc(C)c(C(=O)O)s2)cc1C. The molecule has 0 aliphatic rings. The molecule has 0 fully saturated rings. The molecular formula is C103H145N3O19S4. The summed E-state index contributed by atoms with van der Waals surface area (Å²) < 4.78 is 28.4. The zero-order valence-electron chi connectivity index (χ0n) is 81.2. The highest BCUT2D eigenvalue weighted by Crippen LogP contribution is 2.50. The van der Waals surface area contributed by atoms with Crippen LogP contribution in [0.5, 0.6) is 23.0 Å². The van der Waals surface area contributed by atoms with Gasteiger partial charge in [0.15, 0.2) is 5.78 Å². The highest BCUT2D eigenvalue weighted by atomic mass is 32.1. The average Bonchev–Trinajstić information content (AvgIpc) is 1.71. The predicted molar refractivity (Wildman–Crippen MR) is 521 cm³/mol. The normalized spacial score (nSPS) is 12.0. The second-order valence-electron chi connectivity index (χ2n) is 34.9. The summed E-state index contributed by atoms with van der Waals surface area (Å²) >= 11 is 5.71. The number of ether oxygens (including phenoxy) is 5. The molecule has 0 spiro atoms. The molecule has 3 amide bonds. The maximum atomic E-state index is 12.7. The van der Waals surface area contributed by atoms with Crippen LogP contribution in [0.4, 0.5) is 0 Å². The zero-order valence-corrected chi connectivity index (χ0v) is 84.5. The van der Waals surface area contributed by atoms with Crippen molar-refractivity contribution in [3.8, 4) is 23.0 Å². The Morgan fingerprint density at radius 2 is 0.550 bits per heavy atom. The van der Waals surface area contributed by atoms with Gasteiger partial charge in [-0.1, -0.05) is 166 Å². The number of aliphatic carboxylic acids is 2. The number of carboxylic acids is 3. The third-order valence-electron chi connectivity index (χ3n) is 26.2. The molecule has 4 aromatic heterocycles. The van der Waals surface area contributed by atoms with Crippen molar-refractivity contribution in [1.82, 2.24) is 16.0 Å². The van der Waals surface area contributed by atoms with Crippen LogP contribution in [0.3, 0.4) is 0 Å². The van der Waals surface area contributed by atoms with Crippen LogP contribution in [-0.2, 0) is 45.6 Å². The Morgan fingerprint density at radius 3 is 0.752 bits per heavy atom. The summed E-state index contributed by atoms with van der Waals surface area (Å²) in [5.41, 5.74) is 8.09. The largest absolute Gasteiger partial charge is 0.490 e. The van der Waals surface area contributed by atoms with Gasteiger partial charge in [0, 0.05) is 46.6 Å². The Labute approximate surface area is 782 Å². The van der Waals surface area contributed by atoms with Gasteiger partial charge < -0.3 is 70.3 Å². The van der Waals surface area contributed by atoms with Crippen LogP contribution in [-0.4, -0.2) is 148 Å². The Balaban J connectivity index is 0.000000305. The Bertz CT molecular complexity index is 5080. The molecule has 0 saturated heterocycles. The molecule has 26 heteroatoms. The van der Waals surface area contributed by atoms with E-state index in [9.17, 15) is 58.8 Å². The number of aryl methyl sites for hydroxylation is 8. The van der Waals surface area contributed by atoms with Gasteiger partial charge in [-0.2, -0.15) is 0 Å². The van der Waals surface area contributed by atoms with Crippen LogP contribution < -0.4 is 34.9 Å². The molecule has 9 N–H and O–H groups in total. The summed E-state index contributed by atoms with van der Waals surface area (Å²) in [6.45, 7) is 50.1. The maximum Gasteiger partial charge on any atom is 0.346 e. The first-order chi connectivity index (χ1) is 60.6. The average molecular weight is 1860 g/mol.